The number of hydrogen-bond donors (Lipinski definition) is 0. The zero-order valence-electron chi connectivity index (χ0n) is 15.0. The van der Waals surface area contributed by atoms with E-state index in [1.807, 2.05) is 6.92 Å². The van der Waals surface area contributed by atoms with E-state index in [1.54, 1.807) is 0 Å². The second-order valence-corrected chi connectivity index (χ2v) is 6.36. The van der Waals surface area contributed by atoms with Gasteiger partial charge in [-0.1, -0.05) is 96.8 Å². The van der Waals surface area contributed by atoms with Crippen LogP contribution in [0, 0.1) is 6.92 Å². The predicted octanol–water partition coefficient (Wildman–Crippen LogP) is 6.63. The fraction of sp³-hybridized carbons (Fsp3) is 0.900. The molecule has 0 aromatic rings. The first-order chi connectivity index (χ1) is 10.8. The maximum atomic E-state index is 11.2. The Morgan fingerprint density at radius 3 is 1.41 bits per heavy atom. The van der Waals surface area contributed by atoms with E-state index in [9.17, 15) is 4.79 Å². The van der Waals surface area contributed by atoms with Gasteiger partial charge in [-0.15, -0.1) is 0 Å². The standard InChI is InChI=1S/C20H39O2/c1-3-5-6-7-8-9-10-11-12-13-14-15-16-17-18-19-20(21)22-4-2/h1,3-19H2,2H3. The molecule has 1 radical (unpaired) electrons. The Labute approximate surface area is 139 Å². The monoisotopic (exact) mass is 311 g/mol. The number of carbonyl (C=O) groups is 1. The van der Waals surface area contributed by atoms with Crippen molar-refractivity contribution in [2.24, 2.45) is 0 Å². The molecule has 131 valence electrons. The molecule has 0 atom stereocenters. The van der Waals surface area contributed by atoms with E-state index < -0.39 is 0 Å². The summed E-state index contributed by atoms with van der Waals surface area (Å²) in [5.41, 5.74) is 0. The molecule has 0 aromatic carbocycles. The van der Waals surface area contributed by atoms with Crippen molar-refractivity contribution in [3.63, 3.8) is 0 Å². The third-order valence-corrected chi connectivity index (χ3v) is 4.19. The molecule has 0 aliphatic heterocycles. The molecule has 0 spiro atoms. The summed E-state index contributed by atoms with van der Waals surface area (Å²) in [4.78, 5) is 11.2. The first-order valence-corrected chi connectivity index (χ1v) is 9.76. The van der Waals surface area contributed by atoms with Gasteiger partial charge >= 0.3 is 5.97 Å². The van der Waals surface area contributed by atoms with E-state index in [1.165, 1.54) is 83.5 Å². The quantitative estimate of drug-likeness (QED) is 0.223. The van der Waals surface area contributed by atoms with Gasteiger partial charge in [0.05, 0.1) is 6.61 Å². The largest absolute Gasteiger partial charge is 0.466 e. The van der Waals surface area contributed by atoms with Crippen LogP contribution in [0.4, 0.5) is 0 Å². The molecule has 0 aliphatic carbocycles. The number of unbranched alkanes of at least 4 members (excludes halogenated alkanes) is 14. The average molecular weight is 312 g/mol. The summed E-state index contributed by atoms with van der Waals surface area (Å²) in [6, 6.07) is 0. The van der Waals surface area contributed by atoms with Gasteiger partial charge in [-0.3, -0.25) is 4.79 Å². The lowest BCUT2D eigenvalue weighted by Crippen LogP contribution is -2.03. The molecule has 0 bridgehead atoms. The lowest BCUT2D eigenvalue weighted by Gasteiger charge is -2.03. The SMILES string of the molecule is [CH2]CCCCCCCCCCCCCCCCC(=O)OCC. The summed E-state index contributed by atoms with van der Waals surface area (Å²) < 4.78 is 4.92. The highest BCUT2D eigenvalue weighted by atomic mass is 16.5. The van der Waals surface area contributed by atoms with Gasteiger partial charge in [-0.05, 0) is 13.3 Å². The molecule has 0 heterocycles. The Morgan fingerprint density at radius 1 is 0.682 bits per heavy atom. The van der Waals surface area contributed by atoms with Crippen molar-refractivity contribution in [1.29, 1.82) is 0 Å². The summed E-state index contributed by atoms with van der Waals surface area (Å²) in [5.74, 6) is -0.0335. The molecular weight excluding hydrogens is 272 g/mol. The van der Waals surface area contributed by atoms with Crippen LogP contribution in [0.1, 0.15) is 110 Å². The molecule has 0 saturated heterocycles. The van der Waals surface area contributed by atoms with Crippen molar-refractivity contribution in [3.8, 4) is 0 Å². The minimum absolute atomic E-state index is 0.0335. The minimum atomic E-state index is -0.0335. The second-order valence-electron chi connectivity index (χ2n) is 6.36. The van der Waals surface area contributed by atoms with Crippen LogP contribution < -0.4 is 0 Å². The van der Waals surface area contributed by atoms with Crippen LogP contribution in [0.2, 0.25) is 0 Å². The zero-order chi connectivity index (χ0) is 16.3. The van der Waals surface area contributed by atoms with Gasteiger partial charge in [-0.2, -0.15) is 0 Å². The lowest BCUT2D eigenvalue weighted by atomic mass is 10.0. The highest BCUT2D eigenvalue weighted by Gasteiger charge is 2.00. The van der Waals surface area contributed by atoms with E-state index in [2.05, 4.69) is 6.92 Å². The molecule has 0 fully saturated rings. The molecule has 0 unspecified atom stereocenters. The normalized spacial score (nSPS) is 10.8. The number of ether oxygens (including phenoxy) is 1. The van der Waals surface area contributed by atoms with Crippen molar-refractivity contribution in [3.05, 3.63) is 6.92 Å². The molecule has 0 aromatic heterocycles. The van der Waals surface area contributed by atoms with Crippen LogP contribution in [0.5, 0.6) is 0 Å². The third kappa shape index (κ3) is 17.5. The molecule has 2 heteroatoms. The minimum Gasteiger partial charge on any atom is -0.466 e. The summed E-state index contributed by atoms with van der Waals surface area (Å²) in [6.45, 7) is 6.25. The van der Waals surface area contributed by atoms with Crippen molar-refractivity contribution in [2.45, 2.75) is 110 Å². The van der Waals surface area contributed by atoms with E-state index in [-0.39, 0.29) is 5.97 Å². The summed E-state index contributed by atoms with van der Waals surface area (Å²) >= 11 is 0. The molecular formula is C20H39O2. The predicted molar refractivity (Wildman–Crippen MR) is 95.9 cm³/mol. The van der Waals surface area contributed by atoms with Gasteiger partial charge in [0.1, 0.15) is 0 Å². The molecule has 22 heavy (non-hydrogen) atoms. The number of hydrogen-bond acceptors (Lipinski definition) is 2. The van der Waals surface area contributed by atoms with E-state index in [4.69, 9.17) is 4.74 Å². The molecule has 0 amide bonds. The first-order valence-electron chi connectivity index (χ1n) is 9.76. The van der Waals surface area contributed by atoms with Crippen LogP contribution in [0.25, 0.3) is 0 Å². The number of rotatable bonds is 17. The Bertz CT molecular complexity index is 226. The Morgan fingerprint density at radius 2 is 1.05 bits per heavy atom. The van der Waals surface area contributed by atoms with Crippen LogP contribution in [-0.2, 0) is 9.53 Å². The summed E-state index contributed by atoms with van der Waals surface area (Å²) in [7, 11) is 0. The van der Waals surface area contributed by atoms with Crippen LogP contribution >= 0.6 is 0 Å². The maximum Gasteiger partial charge on any atom is 0.305 e. The average Bonchev–Trinajstić information content (AvgIpc) is 2.51. The highest BCUT2D eigenvalue weighted by molar-refractivity contribution is 5.69. The topological polar surface area (TPSA) is 26.3 Å². The fourth-order valence-corrected chi connectivity index (χ4v) is 2.80. The molecule has 2 nitrogen and oxygen atoms in total. The van der Waals surface area contributed by atoms with Crippen LogP contribution in [-0.4, -0.2) is 12.6 Å². The van der Waals surface area contributed by atoms with Crippen molar-refractivity contribution in [1.82, 2.24) is 0 Å². The Kier molecular flexibility index (Phi) is 18.1. The van der Waals surface area contributed by atoms with Crippen molar-refractivity contribution >= 4 is 5.97 Å². The van der Waals surface area contributed by atoms with Gasteiger partial charge in [0.25, 0.3) is 0 Å². The fourth-order valence-electron chi connectivity index (χ4n) is 2.80. The molecule has 0 rings (SSSR count). The van der Waals surface area contributed by atoms with Gasteiger partial charge < -0.3 is 4.74 Å². The lowest BCUT2D eigenvalue weighted by molar-refractivity contribution is -0.143. The summed E-state index contributed by atoms with van der Waals surface area (Å²) in [6.07, 6.45) is 20.4. The van der Waals surface area contributed by atoms with Crippen LogP contribution in [0.15, 0.2) is 0 Å². The number of carbonyl (C=O) groups excluding carboxylic acids is 1. The first kappa shape index (κ1) is 21.5. The third-order valence-electron chi connectivity index (χ3n) is 4.19. The van der Waals surface area contributed by atoms with Gasteiger partial charge in [0.15, 0.2) is 0 Å². The molecule has 0 aliphatic rings. The van der Waals surface area contributed by atoms with Gasteiger partial charge in [0, 0.05) is 6.42 Å². The van der Waals surface area contributed by atoms with Crippen molar-refractivity contribution < 1.29 is 9.53 Å². The van der Waals surface area contributed by atoms with E-state index >= 15 is 0 Å². The maximum absolute atomic E-state index is 11.2. The second kappa shape index (κ2) is 18.5. The smallest absolute Gasteiger partial charge is 0.305 e. The summed E-state index contributed by atoms with van der Waals surface area (Å²) in [5, 5.41) is 0. The Balaban J connectivity index is 3.01. The van der Waals surface area contributed by atoms with E-state index in [0.29, 0.717) is 13.0 Å². The van der Waals surface area contributed by atoms with Crippen molar-refractivity contribution in [2.75, 3.05) is 6.61 Å². The zero-order valence-corrected chi connectivity index (χ0v) is 15.0. The molecule has 0 N–H and O–H groups in total. The van der Waals surface area contributed by atoms with Gasteiger partial charge in [-0.25, -0.2) is 0 Å². The van der Waals surface area contributed by atoms with E-state index in [0.717, 1.165) is 12.8 Å². The Hall–Kier alpha value is -0.530. The van der Waals surface area contributed by atoms with Crippen LogP contribution in [0.3, 0.4) is 0 Å². The highest BCUT2D eigenvalue weighted by Crippen LogP contribution is 2.13. The number of esters is 1. The van der Waals surface area contributed by atoms with Gasteiger partial charge in [0.2, 0.25) is 0 Å². The molecule has 0 saturated carbocycles.